The Morgan fingerprint density at radius 2 is 1.92 bits per heavy atom. The maximum absolute atomic E-state index is 9.31. The van der Waals surface area contributed by atoms with Gasteiger partial charge in [0.15, 0.2) is 18.5 Å². The smallest absolute Gasteiger partial charge is 0.177 e. The molecule has 0 unspecified atom stereocenters. The number of allylic oxidation sites excluding steroid dienone is 1. The fraction of sp³-hybridized carbons (Fsp3) is 0.700. The molecule has 0 aromatic rings. The van der Waals surface area contributed by atoms with E-state index in [0.29, 0.717) is 6.04 Å². The molecule has 0 aromatic carbocycles. The van der Waals surface area contributed by atoms with Gasteiger partial charge in [0, 0.05) is 12.8 Å². The lowest BCUT2D eigenvalue weighted by atomic mass is 9.92. The Labute approximate surface area is 73.2 Å². The third-order valence-electron chi connectivity index (χ3n) is 2.79. The second kappa shape index (κ2) is 3.02. The Morgan fingerprint density at radius 1 is 1.33 bits per heavy atom. The molecular weight excluding hydrogens is 150 g/mol. The summed E-state index contributed by atoms with van der Waals surface area (Å²) in [5.74, 6) is 0. The number of hydrogen-bond donors (Lipinski definition) is 1. The van der Waals surface area contributed by atoms with Crippen molar-refractivity contribution in [1.29, 1.82) is 0 Å². The van der Waals surface area contributed by atoms with Crippen molar-refractivity contribution in [3.63, 3.8) is 0 Å². The van der Waals surface area contributed by atoms with E-state index in [2.05, 4.69) is 23.9 Å². The molecule has 1 N–H and O–H groups in total. The summed E-state index contributed by atoms with van der Waals surface area (Å²) in [5.41, 5.74) is 1.36. The Bertz CT molecular complexity index is 234. The van der Waals surface area contributed by atoms with Crippen LogP contribution in [0.25, 0.3) is 0 Å². The van der Waals surface area contributed by atoms with Crippen LogP contribution in [0, 0.1) is 0 Å². The number of rotatable bonds is 1. The molecule has 0 aromatic heterocycles. The van der Waals surface area contributed by atoms with E-state index in [1.165, 1.54) is 5.57 Å². The summed E-state index contributed by atoms with van der Waals surface area (Å²) in [6, 6.07) is 0.664. The molecule has 2 heteroatoms. The molecule has 1 aliphatic heterocycles. The van der Waals surface area contributed by atoms with Crippen molar-refractivity contribution in [2.24, 2.45) is 0 Å². The fourth-order valence-electron chi connectivity index (χ4n) is 2.03. The van der Waals surface area contributed by atoms with Gasteiger partial charge in [0.05, 0.1) is 11.7 Å². The summed E-state index contributed by atoms with van der Waals surface area (Å²) < 4.78 is 2.29. The molecule has 2 aliphatic rings. The standard InChI is InChI=1S/C10H16NO/c1-8-6-11(7-8)9-2-4-10(12)5-3-9/h6-7,9-10,12H,2-5H2,1H3/q+1. The Kier molecular flexibility index (Phi) is 2.01. The molecule has 0 radical (unpaired) electrons. The van der Waals surface area contributed by atoms with Crippen LogP contribution in [0.2, 0.25) is 0 Å². The Morgan fingerprint density at radius 3 is 2.42 bits per heavy atom. The minimum absolute atomic E-state index is 0.0346. The quantitative estimate of drug-likeness (QED) is 0.583. The van der Waals surface area contributed by atoms with E-state index in [1.807, 2.05) is 0 Å². The highest BCUT2D eigenvalue weighted by atomic mass is 16.3. The summed E-state index contributed by atoms with van der Waals surface area (Å²) >= 11 is 0. The number of aliphatic hydroxyl groups is 1. The molecule has 0 atom stereocenters. The van der Waals surface area contributed by atoms with Crippen LogP contribution in [-0.4, -0.2) is 28.0 Å². The van der Waals surface area contributed by atoms with Gasteiger partial charge in [-0.1, -0.05) is 0 Å². The predicted molar refractivity (Wildman–Crippen MR) is 48.3 cm³/mol. The third-order valence-corrected chi connectivity index (χ3v) is 2.79. The zero-order chi connectivity index (χ0) is 8.55. The van der Waals surface area contributed by atoms with Gasteiger partial charge in [-0.05, 0) is 19.8 Å². The summed E-state index contributed by atoms with van der Waals surface area (Å²) in [4.78, 5) is 0. The monoisotopic (exact) mass is 166 g/mol. The molecule has 1 aliphatic carbocycles. The van der Waals surface area contributed by atoms with Crippen molar-refractivity contribution in [1.82, 2.24) is 0 Å². The van der Waals surface area contributed by atoms with Gasteiger partial charge in [-0.25, -0.2) is 4.58 Å². The molecule has 0 spiro atoms. The highest BCUT2D eigenvalue weighted by Gasteiger charge is 2.29. The molecule has 1 saturated carbocycles. The molecule has 0 amide bonds. The first-order valence-electron chi connectivity index (χ1n) is 4.74. The number of nitrogens with zero attached hydrogens (tertiary/aromatic N) is 1. The van der Waals surface area contributed by atoms with E-state index < -0.39 is 0 Å². The minimum Gasteiger partial charge on any atom is -0.393 e. The lowest BCUT2D eigenvalue weighted by Crippen LogP contribution is -2.33. The van der Waals surface area contributed by atoms with E-state index in [0.717, 1.165) is 25.7 Å². The summed E-state index contributed by atoms with van der Waals surface area (Å²) in [6.45, 7) is 2.12. The van der Waals surface area contributed by atoms with Gasteiger partial charge in [-0.15, -0.1) is 0 Å². The van der Waals surface area contributed by atoms with Crippen LogP contribution >= 0.6 is 0 Å². The van der Waals surface area contributed by atoms with Crippen molar-refractivity contribution in [3.05, 3.63) is 11.8 Å². The van der Waals surface area contributed by atoms with Crippen LogP contribution in [-0.2, 0) is 0 Å². The second-order valence-corrected chi connectivity index (χ2v) is 3.91. The highest BCUT2D eigenvalue weighted by Crippen LogP contribution is 2.23. The second-order valence-electron chi connectivity index (χ2n) is 3.91. The Hall–Kier alpha value is -0.630. The van der Waals surface area contributed by atoms with Crippen LogP contribution in [0.3, 0.4) is 0 Å². The summed E-state index contributed by atoms with van der Waals surface area (Å²) in [6.07, 6.45) is 8.59. The normalized spacial score (nSPS) is 35.2. The van der Waals surface area contributed by atoms with Crippen molar-refractivity contribution in [2.75, 3.05) is 0 Å². The average molecular weight is 166 g/mol. The van der Waals surface area contributed by atoms with Crippen molar-refractivity contribution in [2.45, 2.75) is 44.8 Å². The maximum Gasteiger partial charge on any atom is 0.177 e. The van der Waals surface area contributed by atoms with Crippen LogP contribution < -0.4 is 0 Å². The first kappa shape index (κ1) is 7.99. The zero-order valence-corrected chi connectivity index (χ0v) is 7.53. The molecule has 2 rings (SSSR count). The van der Waals surface area contributed by atoms with E-state index in [-0.39, 0.29) is 6.10 Å². The van der Waals surface area contributed by atoms with Gasteiger partial charge in [0.2, 0.25) is 0 Å². The number of hydrogen-bond acceptors (Lipinski definition) is 1. The third kappa shape index (κ3) is 1.44. The van der Waals surface area contributed by atoms with Crippen LogP contribution in [0.4, 0.5) is 0 Å². The van der Waals surface area contributed by atoms with E-state index in [1.54, 1.807) is 0 Å². The summed E-state index contributed by atoms with van der Waals surface area (Å²) in [7, 11) is 0. The molecule has 2 nitrogen and oxygen atoms in total. The summed E-state index contributed by atoms with van der Waals surface area (Å²) in [5, 5.41) is 9.31. The maximum atomic E-state index is 9.31. The van der Waals surface area contributed by atoms with Gasteiger partial charge in [0.1, 0.15) is 0 Å². The average Bonchev–Trinajstić information content (AvgIpc) is 2.01. The first-order valence-corrected chi connectivity index (χ1v) is 4.74. The van der Waals surface area contributed by atoms with Crippen molar-refractivity contribution in [3.8, 4) is 0 Å². The SMILES string of the molecule is CC1=C[N+](C2CCC(O)CC2)=C1. The lowest BCUT2D eigenvalue weighted by molar-refractivity contribution is -0.511. The number of aliphatic hydroxyl groups excluding tert-OH is 1. The van der Waals surface area contributed by atoms with E-state index in [4.69, 9.17) is 0 Å². The topological polar surface area (TPSA) is 23.2 Å². The van der Waals surface area contributed by atoms with Gasteiger partial charge in [-0.2, -0.15) is 0 Å². The molecule has 12 heavy (non-hydrogen) atoms. The largest absolute Gasteiger partial charge is 0.393 e. The van der Waals surface area contributed by atoms with Crippen LogP contribution in [0.15, 0.2) is 11.8 Å². The molecule has 1 heterocycles. The first-order chi connectivity index (χ1) is 5.75. The van der Waals surface area contributed by atoms with Crippen LogP contribution in [0.1, 0.15) is 32.6 Å². The minimum atomic E-state index is -0.0346. The molecular formula is C10H16NO+. The van der Waals surface area contributed by atoms with Crippen molar-refractivity contribution < 1.29 is 9.68 Å². The molecule has 0 bridgehead atoms. The Balaban J connectivity index is 1.87. The molecule has 1 fully saturated rings. The lowest BCUT2D eigenvalue weighted by Gasteiger charge is -2.24. The highest BCUT2D eigenvalue weighted by molar-refractivity contribution is 5.76. The fourth-order valence-corrected chi connectivity index (χ4v) is 2.03. The van der Waals surface area contributed by atoms with Crippen molar-refractivity contribution >= 4 is 6.21 Å². The van der Waals surface area contributed by atoms with E-state index >= 15 is 0 Å². The van der Waals surface area contributed by atoms with Gasteiger partial charge in [0.25, 0.3) is 0 Å². The van der Waals surface area contributed by atoms with Crippen LogP contribution in [0.5, 0.6) is 0 Å². The molecule has 66 valence electrons. The van der Waals surface area contributed by atoms with Gasteiger partial charge >= 0.3 is 0 Å². The predicted octanol–water partition coefficient (Wildman–Crippen LogP) is 1.29. The van der Waals surface area contributed by atoms with E-state index in [9.17, 15) is 5.11 Å². The van der Waals surface area contributed by atoms with Gasteiger partial charge in [-0.3, -0.25) is 0 Å². The van der Waals surface area contributed by atoms with Gasteiger partial charge < -0.3 is 5.11 Å². The molecule has 0 saturated heterocycles. The zero-order valence-electron chi connectivity index (χ0n) is 7.53.